The van der Waals surface area contributed by atoms with Crippen LogP contribution < -0.4 is 0 Å². The molecule has 1 aliphatic heterocycles. The average molecular weight is 390 g/mol. The Morgan fingerprint density at radius 2 is 1.65 bits per heavy atom. The van der Waals surface area contributed by atoms with Gasteiger partial charge in [-0.25, -0.2) is 0 Å². The molecule has 26 heavy (non-hydrogen) atoms. The van der Waals surface area contributed by atoms with Crippen LogP contribution in [0.1, 0.15) is 58.8 Å². The summed E-state index contributed by atoms with van der Waals surface area (Å²) in [6.07, 6.45) is 7.73. The minimum Gasteiger partial charge on any atom is -0.480 e. The number of hydrogen-bond donors (Lipinski definition) is 1. The van der Waals surface area contributed by atoms with Crippen LogP contribution in [0, 0.1) is 0 Å². The molecule has 6 nitrogen and oxygen atoms in total. The highest BCUT2D eigenvalue weighted by Crippen LogP contribution is 2.25. The van der Waals surface area contributed by atoms with Crippen molar-refractivity contribution in [3.05, 3.63) is 0 Å². The Balaban J connectivity index is 0.00000338. The number of likely N-dealkylation sites (N-methyl/N-ethyl adjacent to an activating group) is 1. The van der Waals surface area contributed by atoms with E-state index in [2.05, 4.69) is 23.6 Å². The van der Waals surface area contributed by atoms with Crippen LogP contribution in [-0.4, -0.2) is 83.0 Å². The summed E-state index contributed by atoms with van der Waals surface area (Å²) in [4.78, 5) is 30.1. The third-order valence-electron chi connectivity index (χ3n) is 5.72. The largest absolute Gasteiger partial charge is 0.480 e. The van der Waals surface area contributed by atoms with E-state index in [-0.39, 0.29) is 30.9 Å². The van der Waals surface area contributed by atoms with Gasteiger partial charge in [-0.15, -0.1) is 12.4 Å². The van der Waals surface area contributed by atoms with Gasteiger partial charge in [0.1, 0.15) is 0 Å². The van der Waals surface area contributed by atoms with Gasteiger partial charge in [0.15, 0.2) is 0 Å². The Labute approximate surface area is 164 Å². The van der Waals surface area contributed by atoms with Gasteiger partial charge >= 0.3 is 5.97 Å². The van der Waals surface area contributed by atoms with Gasteiger partial charge in [0.25, 0.3) is 0 Å². The van der Waals surface area contributed by atoms with Crippen molar-refractivity contribution in [3.63, 3.8) is 0 Å². The van der Waals surface area contributed by atoms with Crippen LogP contribution >= 0.6 is 12.4 Å². The maximum atomic E-state index is 12.9. The number of nitrogens with zero attached hydrogens (tertiary/aromatic N) is 3. The van der Waals surface area contributed by atoms with Crippen molar-refractivity contribution in [1.29, 1.82) is 0 Å². The summed E-state index contributed by atoms with van der Waals surface area (Å²) in [6, 6.07) is 0.984. The van der Waals surface area contributed by atoms with E-state index in [0.29, 0.717) is 18.6 Å². The van der Waals surface area contributed by atoms with E-state index in [1.165, 1.54) is 12.8 Å². The summed E-state index contributed by atoms with van der Waals surface area (Å²) in [5.74, 6) is -0.512. The predicted molar refractivity (Wildman–Crippen MR) is 106 cm³/mol. The number of carbonyl (C=O) groups excluding carboxylic acids is 1. The second kappa shape index (κ2) is 11.1. The van der Waals surface area contributed by atoms with E-state index >= 15 is 0 Å². The second-order valence-electron chi connectivity index (χ2n) is 8.00. The summed E-state index contributed by atoms with van der Waals surface area (Å²) < 4.78 is 0. The number of halogens is 1. The van der Waals surface area contributed by atoms with E-state index in [9.17, 15) is 9.59 Å². The molecular formula is C19H36ClN3O3. The van der Waals surface area contributed by atoms with Crippen LogP contribution in [0.15, 0.2) is 0 Å². The van der Waals surface area contributed by atoms with Crippen LogP contribution in [0.2, 0.25) is 0 Å². The fourth-order valence-electron chi connectivity index (χ4n) is 4.45. The molecule has 1 saturated carbocycles. The van der Waals surface area contributed by atoms with E-state index < -0.39 is 5.97 Å². The molecule has 1 aliphatic carbocycles. The molecule has 1 unspecified atom stereocenters. The molecule has 1 heterocycles. The van der Waals surface area contributed by atoms with Crippen LogP contribution in [0.5, 0.6) is 0 Å². The monoisotopic (exact) mass is 389 g/mol. The molecule has 1 amide bonds. The summed E-state index contributed by atoms with van der Waals surface area (Å²) in [5.41, 5.74) is 0. The van der Waals surface area contributed by atoms with E-state index in [1.54, 1.807) is 0 Å². The van der Waals surface area contributed by atoms with Crippen molar-refractivity contribution >= 4 is 24.3 Å². The third-order valence-corrected chi connectivity index (χ3v) is 5.72. The van der Waals surface area contributed by atoms with Crippen molar-refractivity contribution in [2.24, 2.45) is 0 Å². The van der Waals surface area contributed by atoms with Gasteiger partial charge in [-0.2, -0.15) is 0 Å². The number of rotatable bonds is 7. The minimum atomic E-state index is -0.775. The van der Waals surface area contributed by atoms with E-state index in [4.69, 9.17) is 5.11 Å². The zero-order valence-electron chi connectivity index (χ0n) is 16.5. The number of carboxylic acid groups (broad SMARTS) is 1. The first kappa shape index (κ1) is 23.2. The highest BCUT2D eigenvalue weighted by molar-refractivity contribution is 5.85. The van der Waals surface area contributed by atoms with Crippen LogP contribution in [0.25, 0.3) is 0 Å². The van der Waals surface area contributed by atoms with Gasteiger partial charge < -0.3 is 10.0 Å². The smallest absolute Gasteiger partial charge is 0.317 e. The fraction of sp³-hybridized carbons (Fsp3) is 0.895. The average Bonchev–Trinajstić information content (AvgIpc) is 2.92. The lowest BCUT2D eigenvalue weighted by molar-refractivity contribution is -0.138. The molecule has 2 aliphatic rings. The molecule has 0 bridgehead atoms. The number of carbonyl (C=O) groups is 2. The molecule has 2 rings (SSSR count). The van der Waals surface area contributed by atoms with Gasteiger partial charge in [0.05, 0.1) is 13.1 Å². The van der Waals surface area contributed by atoms with E-state index in [0.717, 1.165) is 45.2 Å². The van der Waals surface area contributed by atoms with Gasteiger partial charge in [-0.3, -0.25) is 19.4 Å². The summed E-state index contributed by atoms with van der Waals surface area (Å²) in [7, 11) is 1.89. The standard InChI is InChI=1S/C19H35N3O3.ClH/c1-15(2)22(17-7-4-5-8-17)18(23)13-21-11-6-9-16(10-12-21)20(3)14-19(24)25;/h15-17H,4-14H2,1-3H3,(H,24,25);1H. The normalized spacial score (nSPS) is 22.3. The number of likely N-dealkylation sites (tertiary alicyclic amines) is 1. The molecular weight excluding hydrogens is 354 g/mol. The van der Waals surface area contributed by atoms with Gasteiger partial charge in [-0.1, -0.05) is 12.8 Å². The first-order valence-electron chi connectivity index (χ1n) is 9.84. The lowest BCUT2D eigenvalue weighted by Crippen LogP contribution is -2.48. The Bertz CT molecular complexity index is 455. The molecule has 2 fully saturated rings. The number of amides is 1. The third kappa shape index (κ3) is 6.71. The fourth-order valence-corrected chi connectivity index (χ4v) is 4.45. The van der Waals surface area contributed by atoms with Crippen LogP contribution in [-0.2, 0) is 9.59 Å². The molecule has 0 aromatic rings. The first-order valence-corrected chi connectivity index (χ1v) is 9.84. The Kier molecular flexibility index (Phi) is 9.90. The first-order chi connectivity index (χ1) is 11.9. The summed E-state index contributed by atoms with van der Waals surface area (Å²) >= 11 is 0. The minimum absolute atomic E-state index is 0. The van der Waals surface area contributed by atoms with Crippen LogP contribution in [0.4, 0.5) is 0 Å². The molecule has 0 radical (unpaired) electrons. The predicted octanol–water partition coefficient (Wildman–Crippen LogP) is 2.46. The van der Waals surface area contributed by atoms with Crippen LogP contribution in [0.3, 0.4) is 0 Å². The number of aliphatic carboxylic acids is 1. The summed E-state index contributed by atoms with van der Waals surface area (Å²) in [6.45, 7) is 6.64. The maximum Gasteiger partial charge on any atom is 0.317 e. The lowest BCUT2D eigenvalue weighted by Gasteiger charge is -2.34. The van der Waals surface area contributed by atoms with Gasteiger partial charge in [0, 0.05) is 24.7 Å². The molecule has 0 aromatic heterocycles. The lowest BCUT2D eigenvalue weighted by atomic mass is 10.1. The Morgan fingerprint density at radius 1 is 1.04 bits per heavy atom. The Morgan fingerprint density at radius 3 is 2.23 bits per heavy atom. The zero-order valence-corrected chi connectivity index (χ0v) is 17.3. The second-order valence-corrected chi connectivity index (χ2v) is 8.00. The highest BCUT2D eigenvalue weighted by atomic mass is 35.5. The quantitative estimate of drug-likeness (QED) is 0.724. The van der Waals surface area contributed by atoms with Gasteiger partial charge in [-0.05, 0) is 59.5 Å². The highest BCUT2D eigenvalue weighted by Gasteiger charge is 2.30. The van der Waals surface area contributed by atoms with Crippen molar-refractivity contribution in [1.82, 2.24) is 14.7 Å². The van der Waals surface area contributed by atoms with Crippen molar-refractivity contribution in [2.75, 3.05) is 33.2 Å². The van der Waals surface area contributed by atoms with E-state index in [1.807, 2.05) is 11.9 Å². The summed E-state index contributed by atoms with van der Waals surface area (Å²) in [5, 5.41) is 8.97. The number of carboxylic acids is 1. The topological polar surface area (TPSA) is 64.1 Å². The van der Waals surface area contributed by atoms with Crippen molar-refractivity contribution in [3.8, 4) is 0 Å². The van der Waals surface area contributed by atoms with Crippen molar-refractivity contribution in [2.45, 2.75) is 76.9 Å². The molecule has 152 valence electrons. The molecule has 0 spiro atoms. The maximum absolute atomic E-state index is 12.9. The SMILES string of the molecule is CC(C)N(C(=O)CN1CCCC(N(C)CC(=O)O)CC1)C1CCCC1.Cl. The molecule has 7 heteroatoms. The molecule has 0 aromatic carbocycles. The number of hydrogen-bond acceptors (Lipinski definition) is 4. The van der Waals surface area contributed by atoms with Gasteiger partial charge in [0.2, 0.25) is 5.91 Å². The molecule has 1 saturated heterocycles. The zero-order chi connectivity index (χ0) is 18.4. The van der Waals surface area contributed by atoms with Crippen molar-refractivity contribution < 1.29 is 14.7 Å². The molecule has 1 atom stereocenters. The Hall–Kier alpha value is -0.850. The molecule has 1 N–H and O–H groups in total.